The molecule has 11 heteroatoms. The van der Waals surface area contributed by atoms with Crippen LogP contribution >= 0.6 is 22.9 Å². The second kappa shape index (κ2) is 17.8. The normalized spacial score (nSPS) is 15.5. The highest BCUT2D eigenvalue weighted by molar-refractivity contribution is 7.17. The van der Waals surface area contributed by atoms with Gasteiger partial charge in [0, 0.05) is 40.9 Å². The number of amidine groups is 1. The average molecular weight is 620 g/mol. The molecule has 2 aromatic rings. The van der Waals surface area contributed by atoms with E-state index >= 15 is 0 Å². The summed E-state index contributed by atoms with van der Waals surface area (Å²) in [5.74, 6) is 0.645. The number of hydrogen-bond acceptors (Lipinski definition) is 7. The van der Waals surface area contributed by atoms with E-state index in [0.29, 0.717) is 12.5 Å². The maximum absolute atomic E-state index is 10.4. The molecule has 0 saturated carbocycles. The third kappa shape index (κ3) is 11.0. The van der Waals surface area contributed by atoms with Gasteiger partial charge in [0.05, 0.1) is 17.7 Å². The molecule has 0 saturated heterocycles. The quantitative estimate of drug-likeness (QED) is 0.170. The van der Waals surface area contributed by atoms with Gasteiger partial charge < -0.3 is 20.5 Å². The highest BCUT2D eigenvalue weighted by Crippen LogP contribution is 2.40. The van der Waals surface area contributed by atoms with Crippen molar-refractivity contribution in [3.05, 3.63) is 50.9 Å². The molecule has 1 aromatic carbocycles. The number of fused-ring (bicyclic) bond motifs is 1. The predicted octanol–water partition coefficient (Wildman–Crippen LogP) is 6.89. The molecule has 42 heavy (non-hydrogen) atoms. The van der Waals surface area contributed by atoms with Crippen molar-refractivity contribution < 1.29 is 19.4 Å². The number of anilines is 1. The molecule has 3 rings (SSSR count). The second-order valence-electron chi connectivity index (χ2n) is 10.7. The molecule has 1 aromatic heterocycles. The third-order valence-electron chi connectivity index (χ3n) is 6.47. The Bertz CT molecular complexity index is 1240. The van der Waals surface area contributed by atoms with Gasteiger partial charge in [-0.25, -0.2) is 0 Å². The highest BCUT2D eigenvalue weighted by atomic mass is 35.5. The van der Waals surface area contributed by atoms with Crippen molar-refractivity contribution in [2.45, 2.75) is 86.3 Å². The van der Waals surface area contributed by atoms with Gasteiger partial charge in [-0.05, 0) is 71.1 Å². The molecule has 9 nitrogen and oxygen atoms in total. The van der Waals surface area contributed by atoms with Crippen LogP contribution < -0.4 is 10.6 Å². The van der Waals surface area contributed by atoms with Gasteiger partial charge >= 0.3 is 5.97 Å². The number of likely N-dealkylation sites (N-methyl/N-ethyl adjacent to an activating group) is 1. The van der Waals surface area contributed by atoms with E-state index in [2.05, 4.69) is 69.1 Å². The largest absolute Gasteiger partial charge is 0.481 e. The zero-order valence-corrected chi connectivity index (χ0v) is 27.7. The Balaban J connectivity index is 0.000000465. The van der Waals surface area contributed by atoms with Crippen molar-refractivity contribution in [2.75, 3.05) is 18.1 Å². The first-order valence-electron chi connectivity index (χ1n) is 14.0. The summed E-state index contributed by atoms with van der Waals surface area (Å²) in [6.45, 7) is 21.4. The molecule has 0 bridgehead atoms. The Hall–Kier alpha value is -3.08. The molecule has 3 N–H and O–H groups in total. The molecular formula is C31H46ClN5O4S. The number of halogens is 1. The number of aliphatic imine (C=N–C) groups is 1. The van der Waals surface area contributed by atoms with E-state index in [-0.39, 0.29) is 18.9 Å². The number of hydrogen-bond donors (Lipinski definition) is 2. The summed E-state index contributed by atoms with van der Waals surface area (Å²) in [6, 6.07) is 7.84. The molecule has 1 amide bonds. The van der Waals surface area contributed by atoms with E-state index in [4.69, 9.17) is 31.2 Å². The van der Waals surface area contributed by atoms with Gasteiger partial charge in [0.15, 0.2) is 5.84 Å². The van der Waals surface area contributed by atoms with Crippen LogP contribution in [0.4, 0.5) is 5.00 Å². The molecule has 0 spiro atoms. The van der Waals surface area contributed by atoms with E-state index in [0.717, 1.165) is 41.5 Å². The van der Waals surface area contributed by atoms with Crippen molar-refractivity contribution in [3.8, 4) is 0 Å². The van der Waals surface area contributed by atoms with E-state index in [1.165, 1.54) is 21.0 Å². The summed E-state index contributed by atoms with van der Waals surface area (Å²) in [5.41, 5.74) is 8.14. The molecule has 2 heterocycles. The van der Waals surface area contributed by atoms with Crippen LogP contribution in [0.25, 0.3) is 0 Å². The standard InChI is InChI=1S/C20H23ClN4S.C10H20O3.CH3NO/c1-6-16-19(24-22-5)25(7-2)20-17(12(3)13(4)26-20)18(23-16)14-8-10-15(21)11-9-14;1-8(2)5-6-13-10(3,4)7-9(11)12;2-1-3/h8-11,16H,5-7H2,1-4H3;8H,5-7H2,1-4H3,(H,11,12);1H,(H2,2,3)/b24-19-;;/t16-;;/m0../s1. The minimum absolute atomic E-state index is 0.0606. The molecule has 0 aliphatic carbocycles. The number of carboxylic acids is 1. The third-order valence-corrected chi connectivity index (χ3v) is 7.95. The molecular weight excluding hydrogens is 574 g/mol. The van der Waals surface area contributed by atoms with Gasteiger partial charge in [0.2, 0.25) is 6.41 Å². The van der Waals surface area contributed by atoms with Crippen LogP contribution in [0.15, 0.2) is 39.5 Å². The van der Waals surface area contributed by atoms with Crippen molar-refractivity contribution in [3.63, 3.8) is 0 Å². The van der Waals surface area contributed by atoms with Crippen LogP contribution in [-0.4, -0.2) is 60.5 Å². The maximum Gasteiger partial charge on any atom is 0.306 e. The van der Waals surface area contributed by atoms with Crippen molar-refractivity contribution in [2.24, 2.45) is 26.8 Å². The smallest absolute Gasteiger partial charge is 0.306 e. The Morgan fingerprint density at radius 3 is 2.36 bits per heavy atom. The number of carboxylic acid groups (broad SMARTS) is 1. The molecule has 0 fully saturated rings. The molecule has 232 valence electrons. The van der Waals surface area contributed by atoms with Gasteiger partial charge in [-0.2, -0.15) is 5.10 Å². The molecule has 0 unspecified atom stereocenters. The Morgan fingerprint density at radius 2 is 1.88 bits per heavy atom. The second-order valence-corrected chi connectivity index (χ2v) is 12.4. The number of amides is 1. The van der Waals surface area contributed by atoms with Crippen LogP contribution in [0.5, 0.6) is 0 Å². The number of carbonyl (C=O) groups excluding carboxylic acids is 1. The van der Waals surface area contributed by atoms with Gasteiger partial charge in [-0.15, -0.1) is 16.4 Å². The monoisotopic (exact) mass is 619 g/mol. The van der Waals surface area contributed by atoms with Gasteiger partial charge in [0.1, 0.15) is 11.0 Å². The summed E-state index contributed by atoms with van der Waals surface area (Å²) in [6.07, 6.45) is 2.13. The molecule has 1 aliphatic heterocycles. The SMILES string of the molecule is C=N/N=C1/[C@H](CC)N=C(c2ccc(Cl)cc2)c2c(sc(C)c2C)N1CC.CC(C)CCOC(C)(C)CC(=O)O.NC=O. The summed E-state index contributed by atoms with van der Waals surface area (Å²) >= 11 is 7.88. The van der Waals surface area contributed by atoms with E-state index in [1.807, 2.05) is 24.3 Å². The van der Waals surface area contributed by atoms with Gasteiger partial charge in [-0.1, -0.05) is 44.5 Å². The predicted molar refractivity (Wildman–Crippen MR) is 177 cm³/mol. The minimum atomic E-state index is -0.811. The number of nitrogens with zero attached hydrogens (tertiary/aromatic N) is 4. The summed E-state index contributed by atoms with van der Waals surface area (Å²) in [5, 5.41) is 18.7. The Kier molecular flexibility index (Phi) is 15.6. The first-order chi connectivity index (χ1) is 19.8. The summed E-state index contributed by atoms with van der Waals surface area (Å²) in [7, 11) is 0. The van der Waals surface area contributed by atoms with Gasteiger partial charge in [-0.3, -0.25) is 14.6 Å². The van der Waals surface area contributed by atoms with E-state index < -0.39 is 11.6 Å². The fraction of sp³-hybridized carbons (Fsp3) is 0.516. The lowest BCUT2D eigenvalue weighted by atomic mass is 10.00. The first kappa shape index (κ1) is 36.9. The van der Waals surface area contributed by atoms with E-state index in [1.54, 1.807) is 25.2 Å². The number of primary amides is 1. The molecule has 1 atom stereocenters. The zero-order chi connectivity index (χ0) is 32.0. The lowest BCUT2D eigenvalue weighted by Crippen LogP contribution is -2.37. The van der Waals surface area contributed by atoms with Crippen molar-refractivity contribution >= 4 is 58.6 Å². The number of thiophene rings is 1. The van der Waals surface area contributed by atoms with Gasteiger partial charge in [0.25, 0.3) is 0 Å². The number of ether oxygens (including phenoxy) is 1. The van der Waals surface area contributed by atoms with Crippen molar-refractivity contribution in [1.82, 2.24) is 0 Å². The maximum atomic E-state index is 10.4. The number of aliphatic carboxylic acids is 1. The van der Waals surface area contributed by atoms with Crippen LogP contribution in [-0.2, 0) is 14.3 Å². The summed E-state index contributed by atoms with van der Waals surface area (Å²) in [4.78, 5) is 27.7. The number of nitrogens with two attached hydrogens (primary N) is 1. The average Bonchev–Trinajstić information content (AvgIpc) is 3.11. The van der Waals surface area contributed by atoms with Crippen molar-refractivity contribution in [1.29, 1.82) is 0 Å². The molecule has 0 radical (unpaired) electrons. The Morgan fingerprint density at radius 1 is 1.29 bits per heavy atom. The lowest BCUT2D eigenvalue weighted by Gasteiger charge is -2.24. The lowest BCUT2D eigenvalue weighted by molar-refractivity contribution is -0.143. The fourth-order valence-electron chi connectivity index (χ4n) is 4.23. The minimum Gasteiger partial charge on any atom is -0.481 e. The highest BCUT2D eigenvalue weighted by Gasteiger charge is 2.32. The molecule has 1 aliphatic rings. The number of benzene rings is 1. The van der Waals surface area contributed by atoms with E-state index in [9.17, 15) is 4.79 Å². The van der Waals surface area contributed by atoms with Crippen LogP contribution in [0, 0.1) is 19.8 Å². The Labute approximate surface area is 259 Å². The van der Waals surface area contributed by atoms with Crippen LogP contribution in [0.2, 0.25) is 5.02 Å². The fourth-order valence-corrected chi connectivity index (χ4v) is 5.58. The first-order valence-corrected chi connectivity index (χ1v) is 15.2. The van der Waals surface area contributed by atoms with Crippen LogP contribution in [0.3, 0.4) is 0 Å². The number of aryl methyl sites for hydroxylation is 1. The van der Waals surface area contributed by atoms with Crippen LogP contribution in [0.1, 0.15) is 82.4 Å². The number of carbonyl (C=O) groups is 2. The summed E-state index contributed by atoms with van der Waals surface area (Å²) < 4.78 is 5.47. The zero-order valence-electron chi connectivity index (χ0n) is 26.1. The number of rotatable bonds is 10. The topological polar surface area (TPSA) is 130 Å².